The smallest absolute Gasteiger partial charge is 0.270 e. The van der Waals surface area contributed by atoms with Gasteiger partial charge in [0.1, 0.15) is 5.78 Å². The molecule has 0 saturated carbocycles. The maximum atomic E-state index is 11.3. The van der Waals surface area contributed by atoms with Crippen LogP contribution in [-0.2, 0) is 18.3 Å². The lowest BCUT2D eigenvalue weighted by Crippen LogP contribution is -2.16. The van der Waals surface area contributed by atoms with Crippen molar-refractivity contribution in [2.24, 2.45) is 7.05 Å². The van der Waals surface area contributed by atoms with Crippen molar-refractivity contribution in [2.45, 2.75) is 20.3 Å². The summed E-state index contributed by atoms with van der Waals surface area (Å²) < 4.78 is 1.38. The Morgan fingerprint density at radius 2 is 2.17 bits per heavy atom. The first kappa shape index (κ1) is 8.77. The summed E-state index contributed by atoms with van der Waals surface area (Å²) in [6, 6.07) is 0. The predicted molar refractivity (Wildman–Crippen MR) is 45.2 cm³/mol. The molecule has 1 N–H and O–H groups in total. The van der Waals surface area contributed by atoms with Gasteiger partial charge in [0.25, 0.3) is 5.56 Å². The van der Waals surface area contributed by atoms with Gasteiger partial charge in [-0.25, -0.2) is 0 Å². The second-order valence-electron chi connectivity index (χ2n) is 2.96. The summed E-state index contributed by atoms with van der Waals surface area (Å²) in [6.45, 7) is 3.27. The fraction of sp³-hybridized carbons (Fsp3) is 0.500. The largest absolute Gasteiger partial charge is 0.300 e. The van der Waals surface area contributed by atoms with E-state index in [4.69, 9.17) is 0 Å². The number of hydrogen-bond donors (Lipinski definition) is 1. The number of carbonyl (C=O) groups excluding carboxylic acids is 1. The molecule has 1 heterocycles. The molecule has 0 fully saturated rings. The Morgan fingerprint density at radius 1 is 1.58 bits per heavy atom. The van der Waals surface area contributed by atoms with E-state index in [0.717, 1.165) is 5.69 Å². The molecule has 1 aromatic rings. The highest BCUT2D eigenvalue weighted by Crippen LogP contribution is 1.99. The number of rotatable bonds is 2. The molecule has 4 nitrogen and oxygen atoms in total. The zero-order valence-electron chi connectivity index (χ0n) is 7.47. The van der Waals surface area contributed by atoms with Gasteiger partial charge in [-0.05, 0) is 13.8 Å². The van der Waals surface area contributed by atoms with Crippen LogP contribution in [0.5, 0.6) is 0 Å². The fourth-order valence-corrected chi connectivity index (χ4v) is 1.19. The van der Waals surface area contributed by atoms with E-state index in [9.17, 15) is 9.59 Å². The molecule has 12 heavy (non-hydrogen) atoms. The number of hydrogen-bond acceptors (Lipinski definition) is 2. The number of aryl methyl sites for hydroxylation is 2. The first-order valence-electron chi connectivity index (χ1n) is 3.76. The van der Waals surface area contributed by atoms with E-state index < -0.39 is 0 Å². The zero-order chi connectivity index (χ0) is 9.30. The Balaban J connectivity index is 3.14. The van der Waals surface area contributed by atoms with E-state index >= 15 is 0 Å². The highest BCUT2D eigenvalue weighted by Gasteiger charge is 2.09. The molecule has 0 aromatic carbocycles. The third-order valence-corrected chi connectivity index (χ3v) is 1.78. The second-order valence-corrected chi connectivity index (χ2v) is 2.96. The average Bonchev–Trinajstić information content (AvgIpc) is 2.16. The molecule has 0 aliphatic rings. The van der Waals surface area contributed by atoms with Crippen LogP contribution in [0.25, 0.3) is 0 Å². The molecule has 0 atom stereocenters. The molecule has 0 bridgehead atoms. The van der Waals surface area contributed by atoms with Gasteiger partial charge in [0.2, 0.25) is 0 Å². The lowest BCUT2D eigenvalue weighted by molar-refractivity contribution is -0.116. The van der Waals surface area contributed by atoms with Crippen molar-refractivity contribution in [1.82, 2.24) is 9.78 Å². The minimum Gasteiger partial charge on any atom is -0.300 e. The molecule has 0 amide bonds. The number of ketones is 1. The molecule has 0 radical (unpaired) electrons. The quantitative estimate of drug-likeness (QED) is 0.683. The van der Waals surface area contributed by atoms with Gasteiger partial charge in [-0.3, -0.25) is 19.4 Å². The van der Waals surface area contributed by atoms with Crippen molar-refractivity contribution in [1.29, 1.82) is 0 Å². The SMILES string of the molecule is CC(=O)Cc1c(C)[nH]n(C)c1=O. The predicted octanol–water partition coefficient (Wildman–Crippen LogP) is 0.153. The van der Waals surface area contributed by atoms with Crippen molar-refractivity contribution in [3.63, 3.8) is 0 Å². The fourth-order valence-electron chi connectivity index (χ4n) is 1.19. The van der Waals surface area contributed by atoms with Gasteiger partial charge in [-0.2, -0.15) is 0 Å². The highest BCUT2D eigenvalue weighted by molar-refractivity contribution is 5.78. The number of H-pyrrole nitrogens is 1. The van der Waals surface area contributed by atoms with Gasteiger partial charge in [0.05, 0.1) is 0 Å². The molecule has 0 aliphatic carbocycles. The average molecular weight is 168 g/mol. The third kappa shape index (κ3) is 1.47. The van der Waals surface area contributed by atoms with Crippen LogP contribution in [0, 0.1) is 6.92 Å². The molecule has 0 spiro atoms. The monoisotopic (exact) mass is 168 g/mol. The van der Waals surface area contributed by atoms with Crippen LogP contribution < -0.4 is 5.56 Å². The van der Waals surface area contributed by atoms with E-state index in [-0.39, 0.29) is 17.8 Å². The number of aromatic amines is 1. The number of Topliss-reactive ketones (excluding diaryl/α,β-unsaturated/α-hetero) is 1. The number of nitrogens with zero attached hydrogens (tertiary/aromatic N) is 1. The summed E-state index contributed by atoms with van der Waals surface area (Å²) in [6.07, 6.45) is 0.224. The third-order valence-electron chi connectivity index (χ3n) is 1.78. The van der Waals surface area contributed by atoms with Gasteiger partial charge in [0.15, 0.2) is 0 Å². The molecule has 0 saturated heterocycles. The maximum absolute atomic E-state index is 11.3. The van der Waals surface area contributed by atoms with Gasteiger partial charge < -0.3 is 0 Å². The molecule has 66 valence electrons. The van der Waals surface area contributed by atoms with Crippen LogP contribution in [-0.4, -0.2) is 15.6 Å². The summed E-state index contributed by atoms with van der Waals surface area (Å²) >= 11 is 0. The van der Waals surface area contributed by atoms with E-state index in [1.54, 1.807) is 14.0 Å². The number of aromatic nitrogens is 2. The van der Waals surface area contributed by atoms with Crippen molar-refractivity contribution in [3.05, 3.63) is 21.6 Å². The topological polar surface area (TPSA) is 54.9 Å². The van der Waals surface area contributed by atoms with E-state index in [0.29, 0.717) is 5.56 Å². The summed E-state index contributed by atoms with van der Waals surface area (Å²) in [5, 5.41) is 2.83. The highest BCUT2D eigenvalue weighted by atomic mass is 16.1. The standard InChI is InChI=1S/C8H12N2O2/c1-5(11)4-7-6(2)9-10(3)8(7)12/h9H,4H2,1-3H3. The second kappa shape index (κ2) is 2.97. The summed E-state index contributed by atoms with van der Waals surface area (Å²) in [5.41, 5.74) is 1.24. The first-order chi connectivity index (χ1) is 5.52. The van der Waals surface area contributed by atoms with Gasteiger partial charge >= 0.3 is 0 Å². The van der Waals surface area contributed by atoms with Crippen molar-refractivity contribution in [3.8, 4) is 0 Å². The summed E-state index contributed by atoms with van der Waals surface area (Å²) in [7, 11) is 1.64. The molecule has 1 aromatic heterocycles. The first-order valence-corrected chi connectivity index (χ1v) is 3.76. The van der Waals surface area contributed by atoms with Gasteiger partial charge in [-0.1, -0.05) is 0 Å². The molecular formula is C8H12N2O2. The Hall–Kier alpha value is -1.32. The lowest BCUT2D eigenvalue weighted by atomic mass is 10.1. The molecule has 1 rings (SSSR count). The Labute approximate surface area is 70.2 Å². The zero-order valence-corrected chi connectivity index (χ0v) is 7.47. The number of nitrogens with one attached hydrogen (secondary N) is 1. The van der Waals surface area contributed by atoms with Crippen LogP contribution in [0.3, 0.4) is 0 Å². The number of carbonyl (C=O) groups is 1. The van der Waals surface area contributed by atoms with Gasteiger partial charge in [-0.15, -0.1) is 0 Å². The minimum atomic E-state index is -0.109. The van der Waals surface area contributed by atoms with Crippen LogP contribution in [0.4, 0.5) is 0 Å². The maximum Gasteiger partial charge on any atom is 0.270 e. The summed E-state index contributed by atoms with van der Waals surface area (Å²) in [5.74, 6) is 0.00907. The Kier molecular flexibility index (Phi) is 2.17. The molecule has 4 heteroatoms. The van der Waals surface area contributed by atoms with Gasteiger partial charge in [0, 0.05) is 24.7 Å². The lowest BCUT2D eigenvalue weighted by Gasteiger charge is -1.90. The Morgan fingerprint density at radius 3 is 2.50 bits per heavy atom. The van der Waals surface area contributed by atoms with E-state index in [1.807, 2.05) is 0 Å². The van der Waals surface area contributed by atoms with Crippen LogP contribution in [0.15, 0.2) is 4.79 Å². The minimum absolute atomic E-state index is 0.00907. The normalized spacial score (nSPS) is 10.2. The molecule has 0 aliphatic heterocycles. The Bertz CT molecular complexity index is 360. The van der Waals surface area contributed by atoms with E-state index in [2.05, 4.69) is 5.10 Å². The van der Waals surface area contributed by atoms with Crippen molar-refractivity contribution < 1.29 is 4.79 Å². The van der Waals surface area contributed by atoms with Crippen LogP contribution in [0.1, 0.15) is 18.2 Å². The van der Waals surface area contributed by atoms with Crippen molar-refractivity contribution in [2.75, 3.05) is 0 Å². The molecular weight excluding hydrogens is 156 g/mol. The molecule has 0 unspecified atom stereocenters. The van der Waals surface area contributed by atoms with Crippen molar-refractivity contribution >= 4 is 5.78 Å². The van der Waals surface area contributed by atoms with E-state index in [1.165, 1.54) is 11.6 Å². The summed E-state index contributed by atoms with van der Waals surface area (Å²) in [4.78, 5) is 22.1. The van der Waals surface area contributed by atoms with Crippen LogP contribution in [0.2, 0.25) is 0 Å². The van der Waals surface area contributed by atoms with Crippen LogP contribution >= 0.6 is 0 Å².